The van der Waals surface area contributed by atoms with Crippen LogP contribution in [0.2, 0.25) is 10.0 Å². The third kappa shape index (κ3) is 4.47. The lowest BCUT2D eigenvalue weighted by Crippen LogP contribution is -2.06. The van der Waals surface area contributed by atoms with Crippen LogP contribution in [0.5, 0.6) is 0 Å². The normalized spacial score (nSPS) is 10.5. The summed E-state index contributed by atoms with van der Waals surface area (Å²) in [7, 11) is 0. The maximum atomic E-state index is 9.41. The number of thioether (sulfide) groups is 1. The Hall–Kier alpha value is -2.26. The largest absolute Gasteiger partial charge is 0.382 e. The average molecular weight is 401 g/mol. The minimum atomic E-state index is 0.183. The van der Waals surface area contributed by atoms with Crippen molar-refractivity contribution >= 4 is 40.8 Å². The summed E-state index contributed by atoms with van der Waals surface area (Å²) < 4.78 is 0. The van der Waals surface area contributed by atoms with E-state index in [0.29, 0.717) is 38.6 Å². The Bertz CT molecular complexity index is 968. The van der Waals surface area contributed by atoms with E-state index in [-0.39, 0.29) is 5.82 Å². The number of hydrogen-bond acceptors (Lipinski definition) is 5. The molecule has 0 saturated heterocycles. The summed E-state index contributed by atoms with van der Waals surface area (Å²) in [5, 5.41) is 11.3. The van der Waals surface area contributed by atoms with Crippen molar-refractivity contribution in [2.24, 2.45) is 0 Å². The fourth-order valence-electron chi connectivity index (χ4n) is 2.37. The number of nitrogens with zero attached hydrogens (tertiary/aromatic N) is 3. The zero-order valence-corrected chi connectivity index (χ0v) is 15.9. The van der Waals surface area contributed by atoms with Gasteiger partial charge >= 0.3 is 0 Å². The van der Waals surface area contributed by atoms with Gasteiger partial charge in [0.05, 0.1) is 5.69 Å². The van der Waals surface area contributed by atoms with E-state index >= 15 is 0 Å². The van der Waals surface area contributed by atoms with Crippen LogP contribution in [-0.4, -0.2) is 9.97 Å². The van der Waals surface area contributed by atoms with Gasteiger partial charge in [0, 0.05) is 22.2 Å². The number of rotatable bonds is 5. The molecule has 2 N–H and O–H groups in total. The topological polar surface area (TPSA) is 75.6 Å². The number of nitriles is 1. The Morgan fingerprint density at radius 2 is 1.77 bits per heavy atom. The second-order valence-corrected chi connectivity index (χ2v) is 7.29. The summed E-state index contributed by atoms with van der Waals surface area (Å²) in [6, 6.07) is 17.2. The third-order valence-corrected chi connectivity index (χ3v) is 5.24. The molecule has 0 fully saturated rings. The van der Waals surface area contributed by atoms with E-state index in [9.17, 15) is 5.26 Å². The van der Waals surface area contributed by atoms with Gasteiger partial charge in [0.25, 0.3) is 0 Å². The van der Waals surface area contributed by atoms with Crippen molar-refractivity contribution < 1.29 is 0 Å². The second kappa shape index (κ2) is 8.41. The van der Waals surface area contributed by atoms with Crippen LogP contribution in [0.25, 0.3) is 0 Å². The van der Waals surface area contributed by atoms with E-state index in [1.165, 1.54) is 11.8 Å². The highest BCUT2D eigenvalue weighted by Gasteiger charge is 2.14. The Kier molecular flexibility index (Phi) is 6.00. The fraction of sp³-hybridized carbons (Fsp3) is 0.105. The van der Waals surface area contributed by atoms with Crippen molar-refractivity contribution in [3.05, 3.63) is 81.0 Å². The molecule has 0 aliphatic heterocycles. The van der Waals surface area contributed by atoms with E-state index in [4.69, 9.17) is 28.9 Å². The summed E-state index contributed by atoms with van der Waals surface area (Å²) in [5.74, 6) is 0.858. The summed E-state index contributed by atoms with van der Waals surface area (Å²) in [6.45, 7) is 0. The minimum absolute atomic E-state index is 0.183. The molecular weight excluding hydrogens is 387 g/mol. The molecule has 0 unspecified atom stereocenters. The van der Waals surface area contributed by atoms with E-state index in [2.05, 4.69) is 16.0 Å². The van der Waals surface area contributed by atoms with Gasteiger partial charge in [-0.3, -0.25) is 0 Å². The molecule has 0 amide bonds. The number of halogens is 2. The lowest BCUT2D eigenvalue weighted by Gasteiger charge is -2.09. The van der Waals surface area contributed by atoms with Crippen LogP contribution < -0.4 is 5.73 Å². The van der Waals surface area contributed by atoms with Gasteiger partial charge < -0.3 is 5.73 Å². The number of hydrogen-bond donors (Lipinski definition) is 1. The van der Waals surface area contributed by atoms with Crippen molar-refractivity contribution in [1.29, 1.82) is 5.26 Å². The van der Waals surface area contributed by atoms with Crippen molar-refractivity contribution in [2.75, 3.05) is 5.73 Å². The standard InChI is InChI=1S/C19H14Cl2N4S/c20-14-7-5-12(6-8-14)11-26-19-24-17(15(10-22)18(23)25-19)9-13-3-1-2-4-16(13)21/h1-8H,9,11H2,(H2,23,24,25). The van der Waals surface area contributed by atoms with Crippen molar-refractivity contribution in [1.82, 2.24) is 9.97 Å². The van der Waals surface area contributed by atoms with Gasteiger partial charge in [0.15, 0.2) is 5.16 Å². The molecule has 1 aromatic heterocycles. The third-order valence-electron chi connectivity index (χ3n) is 3.70. The fourth-order valence-corrected chi connectivity index (χ4v) is 3.52. The molecule has 3 aromatic rings. The molecule has 3 rings (SSSR count). The van der Waals surface area contributed by atoms with E-state index in [1.807, 2.05) is 48.5 Å². The molecule has 1 heterocycles. The molecule has 0 aliphatic carbocycles. The zero-order chi connectivity index (χ0) is 18.5. The van der Waals surface area contributed by atoms with Crippen LogP contribution in [0.4, 0.5) is 5.82 Å². The predicted octanol–water partition coefficient (Wildman–Crippen LogP) is 5.12. The average Bonchev–Trinajstić information content (AvgIpc) is 2.63. The molecule has 4 nitrogen and oxygen atoms in total. The van der Waals surface area contributed by atoms with Crippen LogP contribution in [0.3, 0.4) is 0 Å². The molecule has 7 heteroatoms. The first-order valence-corrected chi connectivity index (χ1v) is 9.48. The number of nitrogen functional groups attached to an aromatic ring is 1. The van der Waals surface area contributed by atoms with Crippen LogP contribution in [0, 0.1) is 11.3 Å². The first-order valence-electron chi connectivity index (χ1n) is 7.74. The Morgan fingerprint density at radius 3 is 2.46 bits per heavy atom. The maximum Gasteiger partial charge on any atom is 0.190 e. The number of anilines is 1. The first kappa shape index (κ1) is 18.5. The number of nitrogens with two attached hydrogens (primary N) is 1. The summed E-state index contributed by atoms with van der Waals surface area (Å²) >= 11 is 13.6. The molecule has 0 aliphatic rings. The molecule has 0 atom stereocenters. The summed E-state index contributed by atoms with van der Waals surface area (Å²) in [6.07, 6.45) is 0.420. The molecule has 0 saturated carbocycles. The Balaban J connectivity index is 1.85. The lowest BCUT2D eigenvalue weighted by atomic mass is 10.1. The Labute approximate surface area is 166 Å². The highest BCUT2D eigenvalue weighted by Crippen LogP contribution is 2.26. The molecule has 130 valence electrons. The van der Waals surface area contributed by atoms with Crippen LogP contribution in [0.1, 0.15) is 22.4 Å². The monoisotopic (exact) mass is 400 g/mol. The number of benzene rings is 2. The zero-order valence-electron chi connectivity index (χ0n) is 13.6. The van der Waals surface area contributed by atoms with Crippen molar-refractivity contribution in [2.45, 2.75) is 17.3 Å². The van der Waals surface area contributed by atoms with Crippen molar-refractivity contribution in [3.63, 3.8) is 0 Å². The van der Waals surface area contributed by atoms with E-state index < -0.39 is 0 Å². The Morgan fingerprint density at radius 1 is 1.04 bits per heavy atom. The predicted molar refractivity (Wildman–Crippen MR) is 106 cm³/mol. The molecule has 0 radical (unpaired) electrons. The highest BCUT2D eigenvalue weighted by atomic mass is 35.5. The first-order chi connectivity index (χ1) is 12.6. The highest BCUT2D eigenvalue weighted by molar-refractivity contribution is 7.98. The van der Waals surface area contributed by atoms with Gasteiger partial charge in [-0.15, -0.1) is 0 Å². The molecule has 0 spiro atoms. The molecule has 26 heavy (non-hydrogen) atoms. The lowest BCUT2D eigenvalue weighted by molar-refractivity contribution is 0.902. The van der Waals surface area contributed by atoms with Gasteiger partial charge in [-0.2, -0.15) is 5.26 Å². The summed E-state index contributed by atoms with van der Waals surface area (Å²) in [5.41, 5.74) is 8.83. The SMILES string of the molecule is N#Cc1c(N)nc(SCc2ccc(Cl)cc2)nc1Cc1ccccc1Cl. The molecule has 0 bridgehead atoms. The van der Waals surface area contributed by atoms with Gasteiger partial charge in [0.2, 0.25) is 0 Å². The van der Waals surface area contributed by atoms with Gasteiger partial charge in [0.1, 0.15) is 17.5 Å². The van der Waals surface area contributed by atoms with Gasteiger partial charge in [-0.1, -0.05) is 65.3 Å². The van der Waals surface area contributed by atoms with E-state index in [1.54, 1.807) is 0 Å². The quantitative estimate of drug-likeness (QED) is 0.474. The smallest absolute Gasteiger partial charge is 0.190 e. The van der Waals surface area contributed by atoms with Crippen LogP contribution >= 0.6 is 35.0 Å². The van der Waals surface area contributed by atoms with Crippen LogP contribution in [-0.2, 0) is 12.2 Å². The molecule has 2 aromatic carbocycles. The van der Waals surface area contributed by atoms with Crippen LogP contribution in [0.15, 0.2) is 53.7 Å². The number of aromatic nitrogens is 2. The summed E-state index contributed by atoms with van der Waals surface area (Å²) in [4.78, 5) is 8.79. The van der Waals surface area contributed by atoms with Gasteiger partial charge in [-0.05, 0) is 29.3 Å². The maximum absolute atomic E-state index is 9.41. The van der Waals surface area contributed by atoms with Crippen molar-refractivity contribution in [3.8, 4) is 6.07 Å². The minimum Gasteiger partial charge on any atom is -0.382 e. The second-order valence-electron chi connectivity index (χ2n) is 5.51. The molecular formula is C19H14Cl2N4S. The van der Waals surface area contributed by atoms with Gasteiger partial charge in [-0.25, -0.2) is 9.97 Å². The van der Waals surface area contributed by atoms with E-state index in [0.717, 1.165) is 11.1 Å².